The maximum Gasteiger partial charge on any atom is 0.312 e. The van der Waals surface area contributed by atoms with Gasteiger partial charge in [0.05, 0.1) is 5.41 Å². The van der Waals surface area contributed by atoms with Crippen LogP contribution in [0.2, 0.25) is 0 Å². The largest absolute Gasteiger partial charge is 0.457 e. The van der Waals surface area contributed by atoms with Gasteiger partial charge in [0.1, 0.15) is 5.76 Å². The highest BCUT2D eigenvalue weighted by Crippen LogP contribution is 2.64. The second-order valence-electron chi connectivity index (χ2n) is 9.81. The summed E-state index contributed by atoms with van der Waals surface area (Å²) in [6.45, 7) is 5.41. The fourth-order valence-electron chi connectivity index (χ4n) is 6.61. The molecule has 7 heteroatoms. The van der Waals surface area contributed by atoms with Crippen molar-refractivity contribution in [2.45, 2.75) is 63.6 Å². The van der Waals surface area contributed by atoms with Crippen molar-refractivity contribution in [3.05, 3.63) is 34.8 Å². The van der Waals surface area contributed by atoms with Crippen LogP contribution >= 0.6 is 15.9 Å². The molecule has 0 spiro atoms. The SMILES string of the molecule is Cc1cc(-n2c(C)cc(C(=O)COC(=O)C34CC5CC(CC(Br)(C5)C3)C4)c2C)no1. The van der Waals surface area contributed by atoms with E-state index in [0.29, 0.717) is 29.0 Å². The molecule has 0 N–H and O–H groups in total. The van der Waals surface area contributed by atoms with Crippen LogP contribution in [0, 0.1) is 38.0 Å². The number of carbonyl (C=O) groups excluding carboxylic acids is 2. The van der Waals surface area contributed by atoms with Crippen LogP contribution in [0.4, 0.5) is 0 Å². The summed E-state index contributed by atoms with van der Waals surface area (Å²) < 4.78 is 12.8. The van der Waals surface area contributed by atoms with E-state index in [9.17, 15) is 9.59 Å². The van der Waals surface area contributed by atoms with Crippen molar-refractivity contribution in [2.75, 3.05) is 6.61 Å². The molecule has 6 rings (SSSR count). The number of nitrogens with zero attached hydrogens (tertiary/aromatic N) is 2. The summed E-state index contributed by atoms with van der Waals surface area (Å²) in [7, 11) is 0. The van der Waals surface area contributed by atoms with Crippen molar-refractivity contribution in [1.82, 2.24) is 9.72 Å². The molecule has 2 atom stereocenters. The minimum absolute atomic E-state index is 0.0841. The average Bonchev–Trinajstić information content (AvgIpc) is 3.19. The summed E-state index contributed by atoms with van der Waals surface area (Å²) >= 11 is 3.93. The molecule has 160 valence electrons. The molecule has 6 nitrogen and oxygen atoms in total. The highest BCUT2D eigenvalue weighted by atomic mass is 79.9. The number of aromatic nitrogens is 2. The van der Waals surface area contributed by atoms with Crippen LogP contribution in [0.1, 0.15) is 66.0 Å². The summed E-state index contributed by atoms with van der Waals surface area (Å²) in [5.41, 5.74) is 1.81. The van der Waals surface area contributed by atoms with Crippen LogP contribution in [0.5, 0.6) is 0 Å². The molecule has 30 heavy (non-hydrogen) atoms. The monoisotopic (exact) mass is 474 g/mol. The quantitative estimate of drug-likeness (QED) is 0.351. The van der Waals surface area contributed by atoms with E-state index in [-0.39, 0.29) is 22.7 Å². The van der Waals surface area contributed by atoms with E-state index in [0.717, 1.165) is 43.5 Å². The highest BCUT2D eigenvalue weighted by molar-refractivity contribution is 9.10. The molecule has 2 aromatic rings. The van der Waals surface area contributed by atoms with Crippen LogP contribution in [0.25, 0.3) is 5.82 Å². The first-order valence-electron chi connectivity index (χ1n) is 10.7. The predicted octanol–water partition coefficient (Wildman–Crippen LogP) is 4.85. The molecule has 0 aliphatic heterocycles. The second kappa shape index (κ2) is 6.81. The number of halogens is 1. The van der Waals surface area contributed by atoms with Crippen LogP contribution in [0.3, 0.4) is 0 Å². The number of rotatable bonds is 5. The Labute approximate surface area is 184 Å². The van der Waals surface area contributed by atoms with E-state index in [1.807, 2.05) is 37.5 Å². The Morgan fingerprint density at radius 3 is 2.50 bits per heavy atom. The number of alkyl halides is 1. The van der Waals surface area contributed by atoms with E-state index < -0.39 is 5.41 Å². The van der Waals surface area contributed by atoms with Gasteiger partial charge >= 0.3 is 5.97 Å². The van der Waals surface area contributed by atoms with Gasteiger partial charge in [0.15, 0.2) is 12.4 Å². The van der Waals surface area contributed by atoms with Crippen molar-refractivity contribution < 1.29 is 18.8 Å². The molecular weight excluding hydrogens is 448 g/mol. The van der Waals surface area contributed by atoms with Gasteiger partial charge in [-0.1, -0.05) is 21.1 Å². The van der Waals surface area contributed by atoms with Gasteiger partial charge in [0.2, 0.25) is 5.78 Å². The minimum Gasteiger partial charge on any atom is -0.457 e. The molecule has 2 heterocycles. The van der Waals surface area contributed by atoms with Gasteiger partial charge in [-0.25, -0.2) is 0 Å². The molecule has 4 aliphatic rings. The lowest BCUT2D eigenvalue weighted by Gasteiger charge is -2.58. The van der Waals surface area contributed by atoms with E-state index in [1.54, 1.807) is 0 Å². The third-order valence-electron chi connectivity index (χ3n) is 7.33. The second-order valence-corrected chi connectivity index (χ2v) is 11.5. The molecule has 0 aromatic carbocycles. The zero-order valence-corrected chi connectivity index (χ0v) is 19.3. The zero-order chi connectivity index (χ0) is 21.3. The predicted molar refractivity (Wildman–Crippen MR) is 114 cm³/mol. The maximum atomic E-state index is 13.1. The molecule has 0 radical (unpaired) electrons. The summed E-state index contributed by atoms with van der Waals surface area (Å²) in [5.74, 6) is 2.18. The molecule has 2 aromatic heterocycles. The van der Waals surface area contributed by atoms with Gasteiger partial charge in [-0.05, 0) is 77.2 Å². The Morgan fingerprint density at radius 1 is 1.20 bits per heavy atom. The normalized spacial score (nSPS) is 31.9. The van der Waals surface area contributed by atoms with Crippen LogP contribution < -0.4 is 0 Å². The van der Waals surface area contributed by atoms with Gasteiger partial charge in [-0.15, -0.1) is 0 Å². The van der Waals surface area contributed by atoms with Gasteiger partial charge < -0.3 is 9.26 Å². The summed E-state index contributed by atoms with van der Waals surface area (Å²) in [6, 6.07) is 3.66. The Morgan fingerprint density at radius 2 is 1.90 bits per heavy atom. The third-order valence-corrected chi connectivity index (χ3v) is 8.26. The molecule has 0 saturated heterocycles. The molecule has 2 unspecified atom stereocenters. The van der Waals surface area contributed by atoms with E-state index in [1.165, 1.54) is 6.42 Å². The lowest BCUT2D eigenvalue weighted by Crippen LogP contribution is -2.56. The number of hydrogen-bond acceptors (Lipinski definition) is 5. The fraction of sp³-hybridized carbons (Fsp3) is 0.609. The number of hydrogen-bond donors (Lipinski definition) is 0. The van der Waals surface area contributed by atoms with Crippen molar-refractivity contribution in [1.29, 1.82) is 0 Å². The van der Waals surface area contributed by atoms with E-state index in [2.05, 4.69) is 21.1 Å². The fourth-order valence-corrected chi connectivity index (χ4v) is 8.06. The van der Waals surface area contributed by atoms with E-state index >= 15 is 0 Å². The first kappa shape index (κ1) is 20.0. The van der Waals surface area contributed by atoms with Crippen molar-refractivity contribution >= 4 is 27.7 Å². The Hall–Kier alpha value is -1.89. The summed E-state index contributed by atoms with van der Waals surface area (Å²) in [4.78, 5) is 26.1. The molecule has 4 saturated carbocycles. The van der Waals surface area contributed by atoms with Crippen molar-refractivity contribution in [2.24, 2.45) is 17.3 Å². The zero-order valence-electron chi connectivity index (χ0n) is 17.7. The molecule has 4 aliphatic carbocycles. The number of ketones is 1. The Kier molecular flexibility index (Phi) is 4.55. The third kappa shape index (κ3) is 3.17. The number of Topliss-reactive ketones (excluding diaryl/α,β-unsaturated/α-hetero) is 1. The first-order valence-corrected chi connectivity index (χ1v) is 11.5. The lowest BCUT2D eigenvalue weighted by molar-refractivity contribution is -0.168. The number of esters is 1. The first-order chi connectivity index (χ1) is 14.2. The molecule has 4 fully saturated rings. The van der Waals surface area contributed by atoms with Crippen molar-refractivity contribution in [3.63, 3.8) is 0 Å². The summed E-state index contributed by atoms with van der Waals surface area (Å²) in [6.07, 6.45) is 6.19. The van der Waals surface area contributed by atoms with Crippen LogP contribution in [-0.2, 0) is 9.53 Å². The van der Waals surface area contributed by atoms with Crippen LogP contribution in [0.15, 0.2) is 16.7 Å². The number of carbonyl (C=O) groups is 2. The van der Waals surface area contributed by atoms with Crippen LogP contribution in [-0.4, -0.2) is 32.4 Å². The van der Waals surface area contributed by atoms with E-state index in [4.69, 9.17) is 9.26 Å². The van der Waals surface area contributed by atoms with Gasteiger partial charge in [-0.3, -0.25) is 14.2 Å². The minimum atomic E-state index is -0.414. The number of aryl methyl sites for hydroxylation is 2. The molecular formula is C23H27BrN2O4. The van der Waals surface area contributed by atoms with Crippen molar-refractivity contribution in [3.8, 4) is 5.82 Å². The molecule has 4 bridgehead atoms. The van der Waals surface area contributed by atoms with Gasteiger partial charge in [-0.2, -0.15) is 0 Å². The smallest absolute Gasteiger partial charge is 0.312 e. The Bertz CT molecular complexity index is 1020. The lowest BCUT2D eigenvalue weighted by atomic mass is 9.49. The van der Waals surface area contributed by atoms with Gasteiger partial charge in [0.25, 0.3) is 0 Å². The maximum absolute atomic E-state index is 13.1. The molecule has 0 amide bonds. The highest BCUT2D eigenvalue weighted by Gasteiger charge is 2.60. The topological polar surface area (TPSA) is 74.3 Å². The van der Waals surface area contributed by atoms with Gasteiger partial charge in [0, 0.05) is 27.3 Å². The summed E-state index contributed by atoms with van der Waals surface area (Å²) in [5, 5.41) is 4.05. The number of ether oxygens (including phenoxy) is 1. The average molecular weight is 475 g/mol. The standard InChI is InChI=1S/C23H27BrN2O4/c1-13-4-18(15(3)26(13)20-5-14(2)30-25-20)19(27)11-29-21(28)22-7-16-6-17(8-22)10-23(24,9-16)12-22/h4-5,16-17H,6-12H2,1-3H3. The Balaban J connectivity index is 1.31.